The van der Waals surface area contributed by atoms with E-state index in [1.54, 1.807) is 0 Å². The number of rotatable bonds is 4. The Morgan fingerprint density at radius 1 is 1.45 bits per heavy atom. The van der Waals surface area contributed by atoms with Gasteiger partial charge in [0.25, 0.3) is 0 Å². The molecule has 1 N–H and O–H groups in total. The Balaban J connectivity index is 2.24. The van der Waals surface area contributed by atoms with E-state index in [-0.39, 0.29) is 0 Å². The molecule has 1 heterocycles. The maximum absolute atomic E-state index is 9.41. The first-order chi connectivity index (χ1) is 9.63. The highest BCUT2D eigenvalue weighted by Crippen LogP contribution is 2.29. The van der Waals surface area contributed by atoms with Gasteiger partial charge in [0.15, 0.2) is 0 Å². The van der Waals surface area contributed by atoms with Crippen molar-refractivity contribution < 1.29 is 0 Å². The van der Waals surface area contributed by atoms with Crippen molar-refractivity contribution in [3.63, 3.8) is 0 Å². The van der Waals surface area contributed by atoms with E-state index < -0.39 is 0 Å². The fraction of sp³-hybridized carbons (Fsp3) is 0.562. The summed E-state index contributed by atoms with van der Waals surface area (Å²) >= 11 is 3.49. The van der Waals surface area contributed by atoms with Crippen LogP contribution in [0.1, 0.15) is 38.7 Å². The summed E-state index contributed by atoms with van der Waals surface area (Å²) in [4.78, 5) is 2.34. The van der Waals surface area contributed by atoms with Crippen molar-refractivity contribution in [3.05, 3.63) is 28.2 Å². The van der Waals surface area contributed by atoms with Crippen LogP contribution in [-0.4, -0.2) is 25.2 Å². The molecule has 0 aliphatic carbocycles. The maximum Gasteiger partial charge on any atom is 0.103 e. The summed E-state index contributed by atoms with van der Waals surface area (Å²) < 4.78 is 0.875. The number of benzene rings is 1. The fourth-order valence-corrected chi connectivity index (χ4v) is 3.21. The molecule has 0 saturated carbocycles. The number of nitrogens with one attached hydrogen (secondary N) is 1. The van der Waals surface area contributed by atoms with Crippen LogP contribution in [0.25, 0.3) is 0 Å². The molecule has 1 saturated heterocycles. The summed E-state index contributed by atoms with van der Waals surface area (Å²) in [7, 11) is 0. The first-order valence-corrected chi connectivity index (χ1v) is 8.11. The smallest absolute Gasteiger partial charge is 0.103 e. The lowest BCUT2D eigenvalue weighted by Crippen LogP contribution is -2.46. The van der Waals surface area contributed by atoms with Crippen LogP contribution in [0.15, 0.2) is 22.7 Å². The van der Waals surface area contributed by atoms with Crippen molar-refractivity contribution in [2.45, 2.75) is 45.2 Å². The molecule has 1 fully saturated rings. The lowest BCUT2D eigenvalue weighted by Gasteiger charge is -2.35. The summed E-state index contributed by atoms with van der Waals surface area (Å²) in [5.74, 6) is 0. The van der Waals surface area contributed by atoms with Gasteiger partial charge in [-0.15, -0.1) is 0 Å². The second kappa shape index (κ2) is 7.10. The molecule has 1 unspecified atom stereocenters. The molecule has 1 aromatic carbocycles. The van der Waals surface area contributed by atoms with Gasteiger partial charge < -0.3 is 10.2 Å². The van der Waals surface area contributed by atoms with E-state index in [1.165, 1.54) is 19.3 Å². The normalized spacial score (nSPS) is 18.9. The number of halogens is 1. The monoisotopic (exact) mass is 335 g/mol. The number of hydrogen-bond donors (Lipinski definition) is 1. The van der Waals surface area contributed by atoms with Crippen molar-refractivity contribution in [2.24, 2.45) is 0 Å². The molecule has 0 amide bonds. The third-order valence-electron chi connectivity index (χ3n) is 3.87. The van der Waals surface area contributed by atoms with E-state index in [0.29, 0.717) is 12.1 Å². The zero-order valence-electron chi connectivity index (χ0n) is 12.2. The molecule has 1 aromatic rings. The van der Waals surface area contributed by atoms with Gasteiger partial charge in [-0.3, -0.25) is 0 Å². The van der Waals surface area contributed by atoms with E-state index in [4.69, 9.17) is 0 Å². The van der Waals surface area contributed by atoms with Crippen molar-refractivity contribution in [1.29, 1.82) is 5.26 Å². The van der Waals surface area contributed by atoms with Crippen molar-refractivity contribution in [3.8, 4) is 6.07 Å². The molecule has 2 rings (SSSR count). The van der Waals surface area contributed by atoms with Gasteiger partial charge in [0.05, 0.1) is 11.3 Å². The second-order valence-corrected chi connectivity index (χ2v) is 6.49. The van der Waals surface area contributed by atoms with Crippen molar-refractivity contribution >= 4 is 21.6 Å². The molecule has 20 heavy (non-hydrogen) atoms. The fourth-order valence-electron chi connectivity index (χ4n) is 2.77. The summed E-state index contributed by atoms with van der Waals surface area (Å²) in [6.07, 6.45) is 3.80. The minimum atomic E-state index is 0.375. The molecule has 0 radical (unpaired) electrons. The van der Waals surface area contributed by atoms with E-state index >= 15 is 0 Å². The van der Waals surface area contributed by atoms with E-state index in [1.807, 2.05) is 18.2 Å². The Labute approximate surface area is 130 Å². The molecular weight excluding hydrogens is 314 g/mol. The summed E-state index contributed by atoms with van der Waals surface area (Å²) in [5, 5.41) is 13.0. The van der Waals surface area contributed by atoms with E-state index in [0.717, 1.165) is 28.8 Å². The highest BCUT2D eigenvalue weighted by atomic mass is 79.9. The standard InChI is InChI=1S/C16H22BrN3/c1-12(2)20(11-13-6-3-4-9-19-13)16-8-5-7-15(17)14(16)10-18/h5,7-8,12-13,19H,3-4,6,9,11H2,1-2H3. The predicted molar refractivity (Wildman–Crippen MR) is 87.0 cm³/mol. The molecule has 0 aromatic heterocycles. The van der Waals surface area contributed by atoms with Crippen LogP contribution in [-0.2, 0) is 0 Å². The van der Waals surface area contributed by atoms with Gasteiger partial charge in [0, 0.05) is 23.1 Å². The first-order valence-electron chi connectivity index (χ1n) is 7.32. The Hall–Kier alpha value is -1.05. The predicted octanol–water partition coefficient (Wildman–Crippen LogP) is 3.68. The highest BCUT2D eigenvalue weighted by Gasteiger charge is 2.21. The van der Waals surface area contributed by atoms with Gasteiger partial charge in [-0.25, -0.2) is 0 Å². The van der Waals surface area contributed by atoms with Crippen LogP contribution < -0.4 is 10.2 Å². The Bertz CT molecular complexity index is 487. The topological polar surface area (TPSA) is 39.1 Å². The summed E-state index contributed by atoms with van der Waals surface area (Å²) in [6.45, 7) is 6.44. The molecule has 1 aliphatic rings. The number of anilines is 1. The van der Waals surface area contributed by atoms with Gasteiger partial charge in [0.2, 0.25) is 0 Å². The SMILES string of the molecule is CC(C)N(CC1CCCCN1)c1cccc(Br)c1C#N. The number of hydrogen-bond acceptors (Lipinski definition) is 3. The Morgan fingerprint density at radius 2 is 2.25 bits per heavy atom. The van der Waals surface area contributed by atoms with Crippen LogP contribution in [0.3, 0.4) is 0 Å². The molecule has 0 bridgehead atoms. The van der Waals surface area contributed by atoms with E-state index in [2.05, 4.69) is 46.1 Å². The molecular formula is C16H22BrN3. The number of piperidine rings is 1. The Kier molecular flexibility index (Phi) is 5.45. The lowest BCUT2D eigenvalue weighted by atomic mass is 10.0. The zero-order chi connectivity index (χ0) is 14.5. The first kappa shape index (κ1) is 15.3. The minimum Gasteiger partial charge on any atom is -0.366 e. The quantitative estimate of drug-likeness (QED) is 0.912. The van der Waals surface area contributed by atoms with Crippen LogP contribution in [0.2, 0.25) is 0 Å². The molecule has 1 atom stereocenters. The van der Waals surface area contributed by atoms with Crippen LogP contribution in [0, 0.1) is 11.3 Å². The average Bonchev–Trinajstić information content (AvgIpc) is 2.45. The molecule has 0 spiro atoms. The summed E-state index contributed by atoms with van der Waals surface area (Å²) in [6, 6.07) is 9.21. The highest BCUT2D eigenvalue weighted by molar-refractivity contribution is 9.10. The number of nitriles is 1. The second-order valence-electron chi connectivity index (χ2n) is 5.64. The van der Waals surface area contributed by atoms with Crippen molar-refractivity contribution in [1.82, 2.24) is 5.32 Å². The number of nitrogens with zero attached hydrogens (tertiary/aromatic N) is 2. The lowest BCUT2D eigenvalue weighted by molar-refractivity contribution is 0.393. The van der Waals surface area contributed by atoms with Gasteiger partial charge >= 0.3 is 0 Å². The van der Waals surface area contributed by atoms with Gasteiger partial charge in [-0.05, 0) is 61.3 Å². The maximum atomic E-state index is 9.41. The average molecular weight is 336 g/mol. The zero-order valence-corrected chi connectivity index (χ0v) is 13.8. The summed E-state index contributed by atoms with van der Waals surface area (Å²) in [5.41, 5.74) is 1.77. The van der Waals surface area contributed by atoms with Gasteiger partial charge in [0.1, 0.15) is 6.07 Å². The van der Waals surface area contributed by atoms with Crippen LogP contribution in [0.5, 0.6) is 0 Å². The van der Waals surface area contributed by atoms with Gasteiger partial charge in [-0.1, -0.05) is 12.5 Å². The minimum absolute atomic E-state index is 0.375. The molecule has 108 valence electrons. The van der Waals surface area contributed by atoms with Crippen LogP contribution >= 0.6 is 15.9 Å². The molecule has 4 heteroatoms. The largest absolute Gasteiger partial charge is 0.366 e. The molecule has 3 nitrogen and oxygen atoms in total. The Morgan fingerprint density at radius 3 is 2.85 bits per heavy atom. The molecule has 1 aliphatic heterocycles. The van der Waals surface area contributed by atoms with Crippen LogP contribution in [0.4, 0.5) is 5.69 Å². The van der Waals surface area contributed by atoms with Gasteiger partial charge in [-0.2, -0.15) is 5.26 Å². The van der Waals surface area contributed by atoms with Crippen molar-refractivity contribution in [2.75, 3.05) is 18.0 Å². The van der Waals surface area contributed by atoms with E-state index in [9.17, 15) is 5.26 Å². The third-order valence-corrected chi connectivity index (χ3v) is 4.53. The third kappa shape index (κ3) is 3.53.